The molecule has 1 heterocycles. The van der Waals surface area contributed by atoms with E-state index in [1.165, 1.54) is 0 Å². The zero-order valence-electron chi connectivity index (χ0n) is 12.5. The van der Waals surface area contributed by atoms with Crippen LogP contribution >= 0.6 is 0 Å². The Morgan fingerprint density at radius 1 is 0.952 bits per heavy atom. The molecule has 0 radical (unpaired) electrons. The molecule has 1 aliphatic heterocycles. The van der Waals surface area contributed by atoms with Gasteiger partial charge in [0.2, 0.25) is 10.0 Å². The predicted molar refractivity (Wildman–Crippen MR) is 85.7 cm³/mol. The van der Waals surface area contributed by atoms with E-state index in [-0.39, 0.29) is 0 Å². The van der Waals surface area contributed by atoms with Crippen LogP contribution < -0.4 is 0 Å². The molecule has 0 spiro atoms. The summed E-state index contributed by atoms with van der Waals surface area (Å²) in [6, 6.07) is 13.2. The smallest absolute Gasteiger partial charge is 0.207 e. The quantitative estimate of drug-likeness (QED) is 0.851. The highest BCUT2D eigenvalue weighted by atomic mass is 32.2. The summed E-state index contributed by atoms with van der Waals surface area (Å²) in [5, 5.41) is 2.04. The molecule has 0 aliphatic carbocycles. The first kappa shape index (κ1) is 14.5. The Kier molecular flexibility index (Phi) is 3.76. The van der Waals surface area contributed by atoms with E-state index >= 15 is 0 Å². The van der Waals surface area contributed by atoms with Crippen molar-refractivity contribution in [2.75, 3.05) is 13.1 Å². The number of benzene rings is 2. The third-order valence-corrected chi connectivity index (χ3v) is 6.02. The summed E-state index contributed by atoms with van der Waals surface area (Å²) in [4.78, 5) is 0.405. The lowest BCUT2D eigenvalue weighted by Gasteiger charge is -2.34. The van der Waals surface area contributed by atoms with E-state index in [1.54, 1.807) is 16.4 Å². The average Bonchev–Trinajstić information content (AvgIpc) is 2.45. The average molecular weight is 303 g/mol. The van der Waals surface area contributed by atoms with E-state index in [0.29, 0.717) is 29.8 Å². The van der Waals surface area contributed by atoms with Crippen molar-refractivity contribution in [2.45, 2.75) is 25.2 Å². The van der Waals surface area contributed by atoms with Gasteiger partial charge >= 0.3 is 0 Å². The van der Waals surface area contributed by atoms with Crippen molar-refractivity contribution < 1.29 is 8.42 Å². The van der Waals surface area contributed by atoms with Gasteiger partial charge in [-0.1, -0.05) is 44.2 Å². The summed E-state index contributed by atoms with van der Waals surface area (Å²) in [6.45, 7) is 5.50. The summed E-state index contributed by atoms with van der Waals surface area (Å²) in [6.07, 6.45) is 1.10. The summed E-state index contributed by atoms with van der Waals surface area (Å²) < 4.78 is 27.3. The van der Waals surface area contributed by atoms with Gasteiger partial charge in [0.1, 0.15) is 0 Å². The van der Waals surface area contributed by atoms with Crippen LogP contribution in [-0.4, -0.2) is 25.8 Å². The molecule has 0 aromatic heterocycles. The molecule has 0 bridgehead atoms. The van der Waals surface area contributed by atoms with Crippen LogP contribution in [0.2, 0.25) is 0 Å². The minimum Gasteiger partial charge on any atom is -0.207 e. The number of fused-ring (bicyclic) bond motifs is 1. The molecule has 4 heteroatoms. The summed E-state index contributed by atoms with van der Waals surface area (Å²) >= 11 is 0. The third-order valence-electron chi connectivity index (χ3n) is 4.19. The lowest BCUT2D eigenvalue weighted by atomic mass is 9.94. The van der Waals surface area contributed by atoms with Crippen LogP contribution in [0.5, 0.6) is 0 Å². The normalized spacial score (nSPS) is 24.3. The van der Waals surface area contributed by atoms with Crippen molar-refractivity contribution in [3.05, 3.63) is 42.5 Å². The van der Waals surface area contributed by atoms with Crippen LogP contribution in [-0.2, 0) is 10.0 Å². The zero-order chi connectivity index (χ0) is 15.0. The van der Waals surface area contributed by atoms with E-state index < -0.39 is 10.0 Å². The first-order valence-electron chi connectivity index (χ1n) is 7.46. The molecule has 0 saturated carbocycles. The zero-order valence-corrected chi connectivity index (χ0v) is 13.3. The molecule has 112 valence electrons. The molecule has 0 N–H and O–H groups in total. The summed E-state index contributed by atoms with van der Waals surface area (Å²) in [5.41, 5.74) is 0. The fraction of sp³-hybridized carbons (Fsp3) is 0.412. The first-order chi connectivity index (χ1) is 9.96. The van der Waals surface area contributed by atoms with Crippen molar-refractivity contribution in [2.24, 2.45) is 11.8 Å². The van der Waals surface area contributed by atoms with Gasteiger partial charge in [0.05, 0.1) is 4.90 Å². The lowest BCUT2D eigenvalue weighted by Crippen LogP contribution is -2.42. The van der Waals surface area contributed by atoms with Crippen LogP contribution in [0.3, 0.4) is 0 Å². The first-order valence-corrected chi connectivity index (χ1v) is 8.90. The standard InChI is InChI=1S/C17H21NO2S/c1-13-9-14(2)12-18(11-13)21(19,20)17-8-7-15-5-3-4-6-16(15)10-17/h3-8,10,13-14H,9,11-12H2,1-2H3/t13-,14+. The van der Waals surface area contributed by atoms with Gasteiger partial charge in [0.25, 0.3) is 0 Å². The second-order valence-corrected chi connectivity index (χ2v) is 8.21. The Hall–Kier alpha value is -1.39. The molecule has 1 fully saturated rings. The van der Waals surface area contributed by atoms with Crippen LogP contribution in [0.25, 0.3) is 10.8 Å². The van der Waals surface area contributed by atoms with Gasteiger partial charge in [-0.3, -0.25) is 0 Å². The number of hydrogen-bond donors (Lipinski definition) is 0. The van der Waals surface area contributed by atoms with Gasteiger partial charge in [-0.25, -0.2) is 8.42 Å². The molecule has 1 aliphatic rings. The van der Waals surface area contributed by atoms with E-state index in [2.05, 4.69) is 13.8 Å². The van der Waals surface area contributed by atoms with Gasteiger partial charge < -0.3 is 0 Å². The highest BCUT2D eigenvalue weighted by molar-refractivity contribution is 7.89. The molecule has 3 rings (SSSR count). The molecule has 3 nitrogen and oxygen atoms in total. The maximum absolute atomic E-state index is 12.8. The number of rotatable bonds is 2. The SMILES string of the molecule is C[C@@H]1C[C@H](C)CN(S(=O)(=O)c2ccc3ccccc3c2)C1. The Balaban J connectivity index is 1.99. The molecular weight excluding hydrogens is 282 g/mol. The molecule has 21 heavy (non-hydrogen) atoms. The molecule has 2 atom stereocenters. The summed E-state index contributed by atoms with van der Waals surface area (Å²) in [5.74, 6) is 0.841. The minimum absolute atomic E-state index is 0.405. The van der Waals surface area contributed by atoms with Crippen molar-refractivity contribution in [1.29, 1.82) is 0 Å². The van der Waals surface area contributed by atoms with E-state index in [9.17, 15) is 8.42 Å². The van der Waals surface area contributed by atoms with Crippen molar-refractivity contribution in [1.82, 2.24) is 4.31 Å². The molecule has 1 saturated heterocycles. The van der Waals surface area contributed by atoms with Crippen molar-refractivity contribution >= 4 is 20.8 Å². The molecule has 2 aromatic rings. The van der Waals surface area contributed by atoms with Crippen LogP contribution in [0.15, 0.2) is 47.4 Å². The van der Waals surface area contributed by atoms with E-state index in [1.807, 2.05) is 30.3 Å². The van der Waals surface area contributed by atoms with Gasteiger partial charge in [-0.15, -0.1) is 0 Å². The van der Waals surface area contributed by atoms with E-state index in [0.717, 1.165) is 17.2 Å². The topological polar surface area (TPSA) is 37.4 Å². The molecule has 0 amide bonds. The van der Waals surface area contributed by atoms with Crippen LogP contribution in [0, 0.1) is 11.8 Å². The Morgan fingerprint density at radius 2 is 1.57 bits per heavy atom. The number of nitrogens with zero attached hydrogens (tertiary/aromatic N) is 1. The van der Waals surface area contributed by atoms with Gasteiger partial charge in [0.15, 0.2) is 0 Å². The molecule has 2 aromatic carbocycles. The molecule has 0 unspecified atom stereocenters. The molecular formula is C17H21NO2S. The number of hydrogen-bond acceptors (Lipinski definition) is 2. The van der Waals surface area contributed by atoms with Gasteiger partial charge in [-0.05, 0) is 41.2 Å². The fourth-order valence-electron chi connectivity index (χ4n) is 3.28. The minimum atomic E-state index is -3.39. The van der Waals surface area contributed by atoms with Crippen molar-refractivity contribution in [3.8, 4) is 0 Å². The lowest BCUT2D eigenvalue weighted by molar-refractivity contribution is 0.222. The maximum atomic E-state index is 12.8. The van der Waals surface area contributed by atoms with Crippen LogP contribution in [0.1, 0.15) is 20.3 Å². The number of sulfonamides is 1. The maximum Gasteiger partial charge on any atom is 0.243 e. The fourth-order valence-corrected chi connectivity index (χ4v) is 4.99. The third kappa shape index (κ3) is 2.83. The Bertz CT molecular complexity index is 744. The predicted octanol–water partition coefficient (Wildman–Crippen LogP) is 3.51. The van der Waals surface area contributed by atoms with E-state index in [4.69, 9.17) is 0 Å². The Labute approximate surface area is 126 Å². The second-order valence-electron chi connectivity index (χ2n) is 6.28. The monoisotopic (exact) mass is 303 g/mol. The summed E-state index contributed by atoms with van der Waals surface area (Å²) in [7, 11) is -3.39. The largest absolute Gasteiger partial charge is 0.243 e. The highest BCUT2D eigenvalue weighted by Gasteiger charge is 2.31. The van der Waals surface area contributed by atoms with Crippen molar-refractivity contribution in [3.63, 3.8) is 0 Å². The van der Waals surface area contributed by atoms with Gasteiger partial charge in [-0.2, -0.15) is 4.31 Å². The van der Waals surface area contributed by atoms with Gasteiger partial charge in [0, 0.05) is 13.1 Å². The van der Waals surface area contributed by atoms with Crippen LogP contribution in [0.4, 0.5) is 0 Å². The second kappa shape index (κ2) is 5.43. The Morgan fingerprint density at radius 3 is 2.24 bits per heavy atom. The number of piperidine rings is 1. The highest BCUT2D eigenvalue weighted by Crippen LogP contribution is 2.28.